The highest BCUT2D eigenvalue weighted by Crippen LogP contribution is 2.28. The molecule has 1 aromatic carbocycles. The SMILES string of the molecule is CCN1CCN(SNc2cc(N[C@H](C)CO)nc(SCc3cccc(Cl)c3F)n2)CC1. The normalized spacial score (nSPS) is 16.3. The molecule has 1 aliphatic heterocycles. The van der Waals surface area contributed by atoms with Crippen LogP contribution in [0.15, 0.2) is 29.4 Å². The second-order valence-electron chi connectivity index (χ2n) is 7.21. The molecule has 0 bridgehead atoms. The molecule has 0 radical (unpaired) electrons. The minimum atomic E-state index is -0.417. The molecule has 7 nitrogen and oxygen atoms in total. The molecule has 0 amide bonds. The summed E-state index contributed by atoms with van der Waals surface area (Å²) >= 11 is 8.74. The molecule has 2 aromatic rings. The van der Waals surface area contributed by atoms with Gasteiger partial charge in [-0.2, -0.15) is 0 Å². The molecule has 2 heterocycles. The fourth-order valence-corrected chi connectivity index (χ4v) is 4.67. The lowest BCUT2D eigenvalue weighted by molar-refractivity contribution is 0.205. The number of nitrogens with zero attached hydrogens (tertiary/aromatic N) is 4. The molecule has 0 unspecified atom stereocenters. The lowest BCUT2D eigenvalue weighted by Crippen LogP contribution is -2.43. The van der Waals surface area contributed by atoms with Gasteiger partial charge in [0.2, 0.25) is 0 Å². The number of aromatic nitrogens is 2. The Morgan fingerprint density at radius 3 is 2.68 bits per heavy atom. The van der Waals surface area contributed by atoms with E-state index in [4.69, 9.17) is 11.6 Å². The Bertz CT molecular complexity index is 856. The number of hydrogen-bond acceptors (Lipinski definition) is 9. The van der Waals surface area contributed by atoms with Gasteiger partial charge >= 0.3 is 0 Å². The molecule has 1 fully saturated rings. The average Bonchev–Trinajstić information content (AvgIpc) is 2.79. The van der Waals surface area contributed by atoms with Gasteiger partial charge < -0.3 is 20.0 Å². The summed E-state index contributed by atoms with van der Waals surface area (Å²) < 4.78 is 19.8. The van der Waals surface area contributed by atoms with Crippen LogP contribution in [-0.4, -0.2) is 69.7 Å². The Hall–Kier alpha value is -1.30. The van der Waals surface area contributed by atoms with Crippen molar-refractivity contribution in [2.45, 2.75) is 30.8 Å². The second-order valence-corrected chi connectivity index (χ2v) is 9.46. The minimum absolute atomic E-state index is 0.0145. The number of rotatable bonds is 10. The maximum atomic E-state index is 14.2. The van der Waals surface area contributed by atoms with E-state index in [-0.39, 0.29) is 17.7 Å². The van der Waals surface area contributed by atoms with Crippen molar-refractivity contribution < 1.29 is 9.50 Å². The van der Waals surface area contributed by atoms with Gasteiger partial charge in [-0.15, -0.1) is 0 Å². The van der Waals surface area contributed by atoms with E-state index in [2.05, 4.69) is 36.1 Å². The number of likely N-dealkylation sites (N-methyl/N-ethyl adjacent to an activating group) is 1. The van der Waals surface area contributed by atoms with Crippen molar-refractivity contribution in [1.29, 1.82) is 0 Å². The molecule has 0 saturated carbocycles. The van der Waals surface area contributed by atoms with E-state index in [1.165, 1.54) is 30.0 Å². The van der Waals surface area contributed by atoms with Crippen molar-refractivity contribution in [1.82, 2.24) is 19.2 Å². The van der Waals surface area contributed by atoms with E-state index in [0.717, 1.165) is 32.7 Å². The highest BCUT2D eigenvalue weighted by atomic mass is 35.5. The third-order valence-corrected chi connectivity index (χ3v) is 6.93. The smallest absolute Gasteiger partial charge is 0.191 e. The van der Waals surface area contributed by atoms with Gasteiger partial charge in [-0.3, -0.25) is 0 Å². The summed E-state index contributed by atoms with van der Waals surface area (Å²) in [5.41, 5.74) is 0.501. The third-order valence-electron chi connectivity index (χ3n) is 4.82. The summed E-state index contributed by atoms with van der Waals surface area (Å²) in [4.78, 5) is 11.5. The Balaban J connectivity index is 1.67. The first-order valence-corrected chi connectivity index (χ1v) is 12.3. The van der Waals surface area contributed by atoms with Crippen LogP contribution in [0.3, 0.4) is 0 Å². The predicted molar refractivity (Wildman–Crippen MR) is 128 cm³/mol. The first-order valence-electron chi connectivity index (χ1n) is 10.2. The molecule has 31 heavy (non-hydrogen) atoms. The molecule has 1 saturated heterocycles. The van der Waals surface area contributed by atoms with Crippen LogP contribution >= 0.6 is 35.5 Å². The van der Waals surface area contributed by atoms with Crippen molar-refractivity contribution in [2.24, 2.45) is 0 Å². The van der Waals surface area contributed by atoms with Crippen LogP contribution in [0.25, 0.3) is 0 Å². The van der Waals surface area contributed by atoms with Crippen molar-refractivity contribution in [2.75, 3.05) is 49.4 Å². The van der Waals surface area contributed by atoms with Gasteiger partial charge in [0.25, 0.3) is 0 Å². The van der Waals surface area contributed by atoms with E-state index in [0.29, 0.717) is 28.1 Å². The fraction of sp³-hybridized carbons (Fsp3) is 0.500. The number of anilines is 2. The maximum Gasteiger partial charge on any atom is 0.191 e. The summed E-state index contributed by atoms with van der Waals surface area (Å²) in [5.74, 6) is 1.20. The van der Waals surface area contributed by atoms with Crippen molar-refractivity contribution in [3.05, 3.63) is 40.7 Å². The van der Waals surface area contributed by atoms with E-state index in [1.54, 1.807) is 12.1 Å². The zero-order valence-corrected chi connectivity index (χ0v) is 20.0. The van der Waals surface area contributed by atoms with Crippen LogP contribution < -0.4 is 10.0 Å². The van der Waals surface area contributed by atoms with Gasteiger partial charge in [-0.05, 0) is 25.1 Å². The Kier molecular flexibility index (Phi) is 9.48. The molecule has 3 N–H and O–H groups in total. The predicted octanol–water partition coefficient (Wildman–Crippen LogP) is 3.97. The lowest BCUT2D eigenvalue weighted by Gasteiger charge is -2.32. The third kappa shape index (κ3) is 7.37. The zero-order valence-electron chi connectivity index (χ0n) is 17.6. The number of hydrogen-bond donors (Lipinski definition) is 3. The van der Waals surface area contributed by atoms with Gasteiger partial charge in [0.1, 0.15) is 17.5 Å². The highest BCUT2D eigenvalue weighted by Gasteiger charge is 2.17. The van der Waals surface area contributed by atoms with Crippen LogP contribution in [-0.2, 0) is 5.75 Å². The van der Waals surface area contributed by atoms with Crippen LogP contribution in [0.5, 0.6) is 0 Å². The van der Waals surface area contributed by atoms with Crippen LogP contribution in [0, 0.1) is 5.82 Å². The number of nitrogens with one attached hydrogen (secondary N) is 2. The highest BCUT2D eigenvalue weighted by molar-refractivity contribution is 7.98. The summed E-state index contributed by atoms with van der Waals surface area (Å²) in [7, 11) is 0. The maximum absolute atomic E-state index is 14.2. The van der Waals surface area contributed by atoms with Gasteiger partial charge in [0.15, 0.2) is 5.16 Å². The summed E-state index contributed by atoms with van der Waals surface area (Å²) in [5, 5.41) is 13.1. The van der Waals surface area contributed by atoms with E-state index in [1.807, 2.05) is 13.0 Å². The number of piperazine rings is 1. The standard InChI is InChI=1S/C20H28ClFN6OS2/c1-3-27-7-9-28(10-8-27)31-26-18-11-17(23-14(2)12-29)24-20(25-18)30-13-15-5-4-6-16(21)19(15)22/h4-6,11,14,29H,3,7-10,12-13H2,1-2H3,(H2,23,24,25,26)/t14-/m1/s1. The minimum Gasteiger partial charge on any atom is -0.394 e. The molecule has 1 aliphatic rings. The number of thioether (sulfide) groups is 1. The number of halogens is 2. The largest absolute Gasteiger partial charge is 0.394 e. The molecule has 3 rings (SSSR count). The van der Waals surface area contributed by atoms with E-state index in [9.17, 15) is 9.50 Å². The molecule has 11 heteroatoms. The van der Waals surface area contributed by atoms with Gasteiger partial charge in [0.05, 0.1) is 11.6 Å². The van der Waals surface area contributed by atoms with Crippen LogP contribution in [0.2, 0.25) is 5.02 Å². The molecule has 170 valence electrons. The molecule has 0 aliphatic carbocycles. The van der Waals surface area contributed by atoms with Crippen molar-refractivity contribution in [3.63, 3.8) is 0 Å². The number of aliphatic hydroxyl groups is 1. The topological polar surface area (TPSA) is 76.5 Å². The van der Waals surface area contributed by atoms with Crippen LogP contribution in [0.4, 0.5) is 16.0 Å². The number of benzene rings is 1. The fourth-order valence-electron chi connectivity index (χ4n) is 2.96. The van der Waals surface area contributed by atoms with E-state index >= 15 is 0 Å². The molecular formula is C20H28ClFN6OS2. The second kappa shape index (κ2) is 12.1. The van der Waals surface area contributed by atoms with Crippen molar-refractivity contribution >= 4 is 47.1 Å². The Morgan fingerprint density at radius 2 is 1.97 bits per heavy atom. The summed E-state index contributed by atoms with van der Waals surface area (Å²) in [6.45, 7) is 9.13. The van der Waals surface area contributed by atoms with Crippen molar-refractivity contribution in [3.8, 4) is 0 Å². The molecule has 0 spiro atoms. The first-order chi connectivity index (χ1) is 15.0. The number of aliphatic hydroxyl groups excluding tert-OH is 1. The zero-order chi connectivity index (χ0) is 22.2. The lowest BCUT2D eigenvalue weighted by atomic mass is 10.2. The Morgan fingerprint density at radius 1 is 1.23 bits per heavy atom. The van der Waals surface area contributed by atoms with Crippen LogP contribution in [0.1, 0.15) is 19.4 Å². The van der Waals surface area contributed by atoms with Gasteiger partial charge in [-0.25, -0.2) is 18.7 Å². The average molecular weight is 487 g/mol. The monoisotopic (exact) mass is 486 g/mol. The Labute approximate surface area is 196 Å². The van der Waals surface area contributed by atoms with Gasteiger partial charge in [0, 0.05) is 56.2 Å². The molecule has 1 aromatic heterocycles. The molecule has 1 atom stereocenters. The molecular weight excluding hydrogens is 459 g/mol. The quantitative estimate of drug-likeness (QED) is 0.262. The first kappa shape index (κ1) is 24.3. The summed E-state index contributed by atoms with van der Waals surface area (Å²) in [6.07, 6.45) is 0. The van der Waals surface area contributed by atoms with Gasteiger partial charge in [-0.1, -0.05) is 42.4 Å². The van der Waals surface area contributed by atoms with E-state index < -0.39 is 5.82 Å². The summed E-state index contributed by atoms with van der Waals surface area (Å²) in [6, 6.07) is 6.62.